The minimum atomic E-state index is -0.0860. The summed E-state index contributed by atoms with van der Waals surface area (Å²) in [4.78, 5) is 21.4. The number of nitrogens with one attached hydrogen (secondary N) is 1. The Hall–Kier alpha value is -2.75. The monoisotopic (exact) mass is 390 g/mol. The fourth-order valence-electron chi connectivity index (χ4n) is 6.31. The Bertz CT molecular complexity index is 982. The number of carbonyl (C=O) groups excluding carboxylic acids is 1. The Balaban J connectivity index is 1.32. The van der Waals surface area contributed by atoms with E-state index in [0.29, 0.717) is 33.9 Å². The topological polar surface area (TPSA) is 96.5 Å². The molecule has 0 aliphatic heterocycles. The fourth-order valence-corrected chi connectivity index (χ4v) is 6.31. The molecular weight excluding hydrogens is 364 g/mol. The van der Waals surface area contributed by atoms with Gasteiger partial charge in [-0.25, -0.2) is 9.67 Å². The number of rotatable bonds is 4. The Labute approximate surface area is 170 Å². The third kappa shape index (κ3) is 3.21. The molecule has 4 fully saturated rings. The standard InChI is InChI=1S/C22H26N6O/c1-13-10-24-21(26-19(13)9-23)28-11-18(14(2)27-28)20(29)25-12-22-6-15-3-16(7-22)5-17(4-15)8-22/h10-11,15-17H,3-8,12H2,1-2H3,(H,25,29). The summed E-state index contributed by atoms with van der Waals surface area (Å²) < 4.78 is 1.48. The van der Waals surface area contributed by atoms with Gasteiger partial charge in [-0.1, -0.05) is 0 Å². The van der Waals surface area contributed by atoms with Crippen LogP contribution in [-0.2, 0) is 0 Å². The third-order valence-corrected chi connectivity index (χ3v) is 7.20. The Morgan fingerprint density at radius 3 is 2.52 bits per heavy atom. The fraction of sp³-hybridized carbons (Fsp3) is 0.591. The van der Waals surface area contributed by atoms with Crippen molar-refractivity contribution < 1.29 is 4.79 Å². The zero-order chi connectivity index (χ0) is 20.2. The first-order valence-corrected chi connectivity index (χ1v) is 10.5. The molecule has 2 aromatic heterocycles. The van der Waals surface area contributed by atoms with Crippen LogP contribution in [-0.4, -0.2) is 32.2 Å². The second-order valence-electron chi connectivity index (χ2n) is 9.49. The molecule has 0 atom stereocenters. The first-order chi connectivity index (χ1) is 13.9. The van der Waals surface area contributed by atoms with Crippen LogP contribution in [0.15, 0.2) is 12.4 Å². The van der Waals surface area contributed by atoms with E-state index in [1.54, 1.807) is 19.3 Å². The first kappa shape index (κ1) is 18.3. The van der Waals surface area contributed by atoms with Gasteiger partial charge < -0.3 is 5.32 Å². The van der Waals surface area contributed by atoms with Crippen molar-refractivity contribution in [2.75, 3.05) is 6.54 Å². The molecule has 0 spiro atoms. The SMILES string of the molecule is Cc1cnc(-n2cc(C(=O)NCC34CC5CC(CC(C5)C3)C4)c(C)n2)nc1C#N. The summed E-state index contributed by atoms with van der Waals surface area (Å²) in [5.74, 6) is 2.83. The maximum absolute atomic E-state index is 12.9. The van der Waals surface area contributed by atoms with Crippen LogP contribution in [0.25, 0.3) is 5.95 Å². The highest BCUT2D eigenvalue weighted by molar-refractivity contribution is 5.95. The van der Waals surface area contributed by atoms with Gasteiger partial charge in [-0.15, -0.1) is 0 Å². The molecule has 4 aliphatic rings. The summed E-state index contributed by atoms with van der Waals surface area (Å²) in [7, 11) is 0. The molecule has 6 rings (SSSR count). The molecule has 4 bridgehead atoms. The van der Waals surface area contributed by atoms with E-state index < -0.39 is 0 Å². The Morgan fingerprint density at radius 1 is 1.24 bits per heavy atom. The average molecular weight is 390 g/mol. The maximum Gasteiger partial charge on any atom is 0.254 e. The van der Waals surface area contributed by atoms with Crippen LogP contribution in [0.2, 0.25) is 0 Å². The van der Waals surface area contributed by atoms with E-state index in [1.165, 1.54) is 43.2 Å². The molecule has 4 aliphatic carbocycles. The van der Waals surface area contributed by atoms with E-state index >= 15 is 0 Å². The molecule has 0 unspecified atom stereocenters. The normalized spacial score (nSPS) is 29.6. The molecule has 7 nitrogen and oxygen atoms in total. The van der Waals surface area contributed by atoms with Gasteiger partial charge in [-0.05, 0) is 75.5 Å². The second-order valence-corrected chi connectivity index (χ2v) is 9.49. The van der Waals surface area contributed by atoms with Crippen LogP contribution in [0, 0.1) is 48.3 Å². The largest absolute Gasteiger partial charge is 0.351 e. The van der Waals surface area contributed by atoms with E-state index in [-0.39, 0.29) is 5.91 Å². The highest BCUT2D eigenvalue weighted by Crippen LogP contribution is 2.59. The highest BCUT2D eigenvalue weighted by atomic mass is 16.1. The van der Waals surface area contributed by atoms with Gasteiger partial charge in [0.2, 0.25) is 0 Å². The Kier molecular flexibility index (Phi) is 4.19. The van der Waals surface area contributed by atoms with Gasteiger partial charge in [0.05, 0.1) is 11.3 Å². The number of aryl methyl sites for hydroxylation is 2. The van der Waals surface area contributed by atoms with Gasteiger partial charge in [0, 0.05) is 24.5 Å². The molecular formula is C22H26N6O. The lowest BCUT2D eigenvalue weighted by atomic mass is 9.49. The minimum absolute atomic E-state index is 0.0860. The number of hydrogen-bond donors (Lipinski definition) is 1. The lowest BCUT2D eigenvalue weighted by molar-refractivity contribution is -0.0503. The molecule has 29 heavy (non-hydrogen) atoms. The number of nitrogens with zero attached hydrogens (tertiary/aromatic N) is 5. The summed E-state index contributed by atoms with van der Waals surface area (Å²) in [6, 6.07) is 2.06. The lowest BCUT2D eigenvalue weighted by Gasteiger charge is -2.56. The van der Waals surface area contributed by atoms with Crippen LogP contribution >= 0.6 is 0 Å². The number of aromatic nitrogens is 4. The van der Waals surface area contributed by atoms with Crippen molar-refractivity contribution in [2.45, 2.75) is 52.4 Å². The molecule has 2 heterocycles. The van der Waals surface area contributed by atoms with Crippen molar-refractivity contribution in [2.24, 2.45) is 23.2 Å². The van der Waals surface area contributed by atoms with Crippen molar-refractivity contribution in [1.29, 1.82) is 5.26 Å². The molecule has 4 saturated carbocycles. The number of nitriles is 1. The van der Waals surface area contributed by atoms with Gasteiger partial charge in [0.25, 0.3) is 11.9 Å². The average Bonchev–Trinajstić information content (AvgIpc) is 3.07. The van der Waals surface area contributed by atoms with Gasteiger partial charge in [-0.2, -0.15) is 15.3 Å². The van der Waals surface area contributed by atoms with E-state index in [1.807, 2.05) is 6.92 Å². The van der Waals surface area contributed by atoms with E-state index in [0.717, 1.165) is 24.3 Å². The molecule has 1 N–H and O–H groups in total. The van der Waals surface area contributed by atoms with Crippen LogP contribution in [0.5, 0.6) is 0 Å². The maximum atomic E-state index is 12.9. The zero-order valence-corrected chi connectivity index (χ0v) is 17.0. The van der Waals surface area contributed by atoms with Crippen molar-refractivity contribution in [1.82, 2.24) is 25.1 Å². The third-order valence-electron chi connectivity index (χ3n) is 7.20. The predicted molar refractivity (Wildman–Crippen MR) is 106 cm³/mol. The smallest absolute Gasteiger partial charge is 0.254 e. The minimum Gasteiger partial charge on any atom is -0.351 e. The van der Waals surface area contributed by atoms with E-state index in [4.69, 9.17) is 0 Å². The van der Waals surface area contributed by atoms with Crippen LogP contribution in [0.1, 0.15) is 65.8 Å². The zero-order valence-electron chi connectivity index (χ0n) is 17.0. The Morgan fingerprint density at radius 2 is 1.90 bits per heavy atom. The number of carbonyl (C=O) groups is 1. The summed E-state index contributed by atoms with van der Waals surface area (Å²) >= 11 is 0. The van der Waals surface area contributed by atoms with Gasteiger partial charge in [0.1, 0.15) is 11.8 Å². The summed E-state index contributed by atoms with van der Waals surface area (Å²) in [5.41, 5.74) is 2.51. The second kappa shape index (κ2) is 6.65. The summed E-state index contributed by atoms with van der Waals surface area (Å²) in [6.07, 6.45) is 11.3. The van der Waals surface area contributed by atoms with Crippen LogP contribution in [0.4, 0.5) is 0 Å². The molecule has 150 valence electrons. The predicted octanol–water partition coefficient (Wildman–Crippen LogP) is 3.10. The van der Waals surface area contributed by atoms with Crippen molar-refractivity contribution in [3.05, 3.63) is 34.9 Å². The molecule has 0 saturated heterocycles. The number of amides is 1. The molecule has 0 radical (unpaired) electrons. The molecule has 1 amide bonds. The summed E-state index contributed by atoms with van der Waals surface area (Å²) in [5, 5.41) is 16.8. The van der Waals surface area contributed by atoms with Gasteiger partial charge in [0.15, 0.2) is 0 Å². The number of hydrogen-bond acceptors (Lipinski definition) is 5. The first-order valence-electron chi connectivity index (χ1n) is 10.5. The lowest BCUT2D eigenvalue weighted by Crippen LogP contribution is -2.51. The van der Waals surface area contributed by atoms with Crippen molar-refractivity contribution in [3.63, 3.8) is 0 Å². The van der Waals surface area contributed by atoms with E-state index in [9.17, 15) is 10.1 Å². The summed E-state index contributed by atoms with van der Waals surface area (Å²) in [6.45, 7) is 4.37. The van der Waals surface area contributed by atoms with Crippen LogP contribution in [0.3, 0.4) is 0 Å². The van der Waals surface area contributed by atoms with E-state index in [2.05, 4.69) is 26.5 Å². The quantitative estimate of drug-likeness (QED) is 0.865. The van der Waals surface area contributed by atoms with Crippen molar-refractivity contribution in [3.8, 4) is 12.0 Å². The molecule has 2 aromatic rings. The molecule has 0 aromatic carbocycles. The highest BCUT2D eigenvalue weighted by Gasteiger charge is 2.50. The van der Waals surface area contributed by atoms with Crippen LogP contribution < -0.4 is 5.32 Å². The van der Waals surface area contributed by atoms with Gasteiger partial charge >= 0.3 is 0 Å². The van der Waals surface area contributed by atoms with Crippen molar-refractivity contribution >= 4 is 5.91 Å². The molecule has 7 heteroatoms. The van der Waals surface area contributed by atoms with Gasteiger partial charge in [-0.3, -0.25) is 4.79 Å².